The zero-order valence-electron chi connectivity index (χ0n) is 43.7. The molecule has 5 heterocycles. The van der Waals surface area contributed by atoms with E-state index >= 15 is 0 Å². The number of hydrogen-bond acceptors (Lipinski definition) is 1. The summed E-state index contributed by atoms with van der Waals surface area (Å²) >= 11 is 25.0. The summed E-state index contributed by atoms with van der Waals surface area (Å²) in [6.45, 7) is 20.1. The van der Waals surface area contributed by atoms with Gasteiger partial charge in [-0.2, -0.15) is 0 Å². The van der Waals surface area contributed by atoms with Gasteiger partial charge in [0.25, 0.3) is 0 Å². The van der Waals surface area contributed by atoms with Gasteiger partial charge < -0.3 is 4.57 Å². The first-order chi connectivity index (χ1) is 35.8. The molecule has 0 fully saturated rings. The Bertz CT molecular complexity index is 2200. The predicted molar refractivity (Wildman–Crippen MR) is 331 cm³/mol. The van der Waals surface area contributed by atoms with E-state index in [2.05, 4.69) is 300 Å². The molecule has 402 valence electrons. The van der Waals surface area contributed by atoms with Gasteiger partial charge in [-0.25, -0.2) is 41.5 Å². The molecule has 10 nitrogen and oxygen atoms in total. The lowest BCUT2D eigenvalue weighted by Crippen LogP contribution is -2.38. The molecule has 0 unspecified atom stereocenters. The van der Waals surface area contributed by atoms with E-state index in [1.54, 1.807) is 0 Å². The number of halogens is 8. The Morgan fingerprint density at radius 2 is 0.603 bits per heavy atom. The lowest BCUT2D eigenvalue weighted by atomic mass is 9.97. The first-order valence-electron chi connectivity index (χ1n) is 25.7. The fraction of sp³-hybridized carbons (Fsp3) is 0.509. The van der Waals surface area contributed by atoms with Gasteiger partial charge in [0.05, 0.1) is 32.5 Å². The largest absolute Gasteiger partial charge is 0.337 e. The van der Waals surface area contributed by atoms with E-state index in [1.807, 2.05) is 18.7 Å². The van der Waals surface area contributed by atoms with Crippen LogP contribution in [0.4, 0.5) is 0 Å². The van der Waals surface area contributed by atoms with Gasteiger partial charge >= 0.3 is 0 Å². The highest BCUT2D eigenvalue weighted by atomic mass is 80.9. The van der Waals surface area contributed by atoms with Crippen molar-refractivity contribution in [3.8, 4) is 0 Å². The van der Waals surface area contributed by atoms with Gasteiger partial charge in [0.2, 0.25) is 25.3 Å². The smallest absolute Gasteiger partial charge is 0.244 e. The summed E-state index contributed by atoms with van der Waals surface area (Å²) in [5.41, 5.74) is 11.0. The molecule has 0 aliphatic carbocycles. The number of alkyl halides is 4. The van der Waals surface area contributed by atoms with Crippen LogP contribution in [-0.4, -0.2) is 27.8 Å². The van der Waals surface area contributed by atoms with Crippen LogP contribution < -0.4 is 18.3 Å². The van der Waals surface area contributed by atoms with Crippen molar-refractivity contribution < 1.29 is 18.3 Å². The third kappa shape index (κ3) is 23.9. The first kappa shape index (κ1) is 65.6. The molecule has 0 atom stereocenters. The van der Waals surface area contributed by atoms with Crippen molar-refractivity contribution in [3.63, 3.8) is 0 Å². The van der Waals surface area contributed by atoms with E-state index in [1.165, 1.54) is 109 Å². The van der Waals surface area contributed by atoms with Gasteiger partial charge in [-0.1, -0.05) is 143 Å². The Balaban J connectivity index is 0.000000423. The second-order valence-electron chi connectivity index (χ2n) is 18.2. The molecular weight excluding hydrogens is 1440 g/mol. The number of benzene rings is 2. The van der Waals surface area contributed by atoms with Crippen LogP contribution in [0.2, 0.25) is 0 Å². The van der Waals surface area contributed by atoms with Gasteiger partial charge in [0.1, 0.15) is 75.8 Å². The fourth-order valence-electron chi connectivity index (χ4n) is 8.24. The number of unbranched alkanes of at least 4 members (excludes halogenated alkanes) is 5. The highest BCUT2D eigenvalue weighted by Crippen LogP contribution is 2.25. The van der Waals surface area contributed by atoms with Crippen LogP contribution in [0.15, 0.2) is 118 Å². The van der Waals surface area contributed by atoms with Crippen LogP contribution in [0.3, 0.4) is 0 Å². The third-order valence-corrected chi connectivity index (χ3v) is 14.8. The summed E-state index contributed by atoms with van der Waals surface area (Å²) < 4.78 is 20.8. The molecule has 0 bridgehead atoms. The number of nitrogens with zero attached hydrogens (tertiary/aromatic N) is 10. The first-order valence-corrected chi connectivity index (χ1v) is 37.6. The number of aryl methyl sites for hydroxylation is 5. The maximum absolute atomic E-state index is 3.94. The minimum Gasteiger partial charge on any atom is -0.337 e. The fourth-order valence-corrected chi connectivity index (χ4v) is 10.3. The number of aromatic nitrogens is 10. The lowest BCUT2D eigenvalue weighted by molar-refractivity contribution is -0.694. The molecule has 73 heavy (non-hydrogen) atoms. The SMILES string of the molecule is BrBr.BrBr.BrCc1cc(CBr)c(CBr)cc1CBr.CCCCn1cc[n+](Cc2cc(C[n+]3ccn(CCCC)c3)c(C[n+]3ccn(CCCC)c3)cc2C[n+]2ccn(CCCC)c2)c1.CCCCn1ccnc1. The maximum Gasteiger partial charge on any atom is 0.244 e. The lowest BCUT2D eigenvalue weighted by Gasteiger charge is -2.14. The van der Waals surface area contributed by atoms with Crippen molar-refractivity contribution in [1.29, 1.82) is 0 Å². The Morgan fingerprint density at radius 1 is 0.356 bits per heavy atom. The molecule has 0 aliphatic heterocycles. The van der Waals surface area contributed by atoms with Crippen molar-refractivity contribution in [2.24, 2.45) is 0 Å². The molecule has 5 aromatic heterocycles. The normalized spacial score (nSPS) is 10.7. The molecule has 0 aliphatic rings. The molecule has 0 saturated carbocycles. The Hall–Kier alpha value is -1.67. The molecule has 0 amide bonds. The van der Waals surface area contributed by atoms with E-state index in [-0.39, 0.29) is 0 Å². The highest BCUT2D eigenvalue weighted by molar-refractivity contribution is 9.93. The van der Waals surface area contributed by atoms with Crippen LogP contribution in [-0.2, 0) is 80.2 Å². The Kier molecular flexibility index (Phi) is 35.6. The van der Waals surface area contributed by atoms with Gasteiger partial charge in [0, 0.05) is 119 Å². The van der Waals surface area contributed by atoms with Crippen LogP contribution in [0.25, 0.3) is 0 Å². The second-order valence-corrected chi connectivity index (χ2v) is 20.4. The van der Waals surface area contributed by atoms with E-state index in [4.69, 9.17) is 0 Å². The van der Waals surface area contributed by atoms with Gasteiger partial charge in [0.15, 0.2) is 0 Å². The predicted octanol–water partition coefficient (Wildman–Crippen LogP) is 15.8. The highest BCUT2D eigenvalue weighted by Gasteiger charge is 2.20. The van der Waals surface area contributed by atoms with Crippen LogP contribution in [0.1, 0.15) is 143 Å². The van der Waals surface area contributed by atoms with Crippen LogP contribution >= 0.6 is 120 Å². The quantitative estimate of drug-likeness (QED) is 0.0374. The molecule has 18 heteroatoms. The Labute approximate surface area is 502 Å². The van der Waals surface area contributed by atoms with Crippen molar-refractivity contribution in [2.45, 2.75) is 179 Å². The summed E-state index contributed by atoms with van der Waals surface area (Å²) in [5.74, 6) is 0. The molecule has 0 radical (unpaired) electrons. The Morgan fingerprint density at radius 3 is 0.822 bits per heavy atom. The van der Waals surface area contributed by atoms with E-state index in [0.717, 1.165) is 80.2 Å². The molecule has 2 aromatic carbocycles. The summed E-state index contributed by atoms with van der Waals surface area (Å²) in [7, 11) is 0. The monoisotopic (exact) mass is 1510 g/mol. The van der Waals surface area contributed by atoms with Gasteiger partial charge in [-0.15, -0.1) is 0 Å². The summed E-state index contributed by atoms with van der Waals surface area (Å²) in [6.07, 6.45) is 44.8. The molecule has 0 N–H and O–H groups in total. The topological polar surface area (TPSA) is 53.1 Å². The van der Waals surface area contributed by atoms with Crippen LogP contribution in [0, 0.1) is 0 Å². The second kappa shape index (κ2) is 39.7. The summed E-state index contributed by atoms with van der Waals surface area (Å²) in [6, 6.07) is 9.52. The maximum atomic E-state index is 3.94. The molecule has 7 aromatic rings. The van der Waals surface area contributed by atoms with E-state index in [0.29, 0.717) is 0 Å². The summed E-state index contributed by atoms with van der Waals surface area (Å²) in [5, 5.41) is 3.65. The van der Waals surface area contributed by atoms with Crippen molar-refractivity contribution >= 4 is 120 Å². The van der Waals surface area contributed by atoms with Gasteiger partial charge in [-0.05, 0) is 66.5 Å². The number of hydrogen-bond donors (Lipinski definition) is 0. The number of rotatable bonds is 27. The molecule has 7 rings (SSSR count). The zero-order valence-corrected chi connectivity index (χ0v) is 56.4. The number of imidazole rings is 5. The zero-order chi connectivity index (χ0) is 53.2. The average molecular weight is 1520 g/mol. The average Bonchev–Trinajstić information content (AvgIpc) is 4.31. The molecule has 0 saturated heterocycles. The minimum absolute atomic E-state index is 0.863. The van der Waals surface area contributed by atoms with Crippen LogP contribution in [0.5, 0.6) is 0 Å². The minimum atomic E-state index is 0.863. The molecular formula is C55H80Br8N10+4. The van der Waals surface area contributed by atoms with Crippen molar-refractivity contribution in [2.75, 3.05) is 0 Å². The third-order valence-electron chi connectivity index (χ3n) is 12.4. The van der Waals surface area contributed by atoms with Gasteiger partial charge in [-0.3, -0.25) is 0 Å². The van der Waals surface area contributed by atoms with E-state index < -0.39 is 0 Å². The van der Waals surface area contributed by atoms with Crippen molar-refractivity contribution in [1.82, 2.24) is 27.8 Å². The molecule has 0 spiro atoms. The summed E-state index contributed by atoms with van der Waals surface area (Å²) in [4.78, 5) is 3.94. The standard InChI is InChI=1S/C38H58N8.C10H10Br4.C7H12N2.2Br2/c1-5-9-13-39-17-21-43(31-39)27-35-25-37(29-45-23-19-41(33-45)15-11-7-3)38(30-46-24-20-42(34-46)16-12-8-4)26-36(35)28-44-22-18-40(32-44)14-10-6-2;11-3-7-1-8(4-12)10(6-14)2-9(7)5-13;1-2-3-5-9-6-4-8-7-9;2*1-2/h17-26,31-34H,5-16,27-30H2,1-4H3;1-2H,3-6H2;4,6-7H,2-3,5H2,1H3;;/q+4;;;;. The van der Waals surface area contributed by atoms with E-state index in [9.17, 15) is 0 Å². The van der Waals surface area contributed by atoms with Crippen molar-refractivity contribution in [3.05, 3.63) is 162 Å².